The van der Waals surface area contributed by atoms with Crippen molar-refractivity contribution in [2.75, 3.05) is 13.1 Å². The second-order valence-corrected chi connectivity index (χ2v) is 8.30. The lowest BCUT2D eigenvalue weighted by Crippen LogP contribution is -2.46. The number of carbonyl (C=O) groups is 3. The molecule has 5 nitrogen and oxygen atoms in total. The zero-order valence-electron chi connectivity index (χ0n) is 16.1. The average molecular weight is 399 g/mol. The van der Waals surface area contributed by atoms with E-state index in [1.165, 1.54) is 0 Å². The molecule has 1 N–H and O–H groups in total. The fourth-order valence-corrected chi connectivity index (χ4v) is 4.09. The third-order valence-electron chi connectivity index (χ3n) is 5.07. The van der Waals surface area contributed by atoms with Crippen molar-refractivity contribution in [1.29, 1.82) is 0 Å². The highest BCUT2D eigenvalue weighted by Crippen LogP contribution is 2.15. The number of amides is 2. The van der Waals surface area contributed by atoms with Gasteiger partial charge in [0, 0.05) is 42.4 Å². The second kappa shape index (κ2) is 9.64. The molecular weight excluding hydrogens is 372 g/mol. The topological polar surface area (TPSA) is 66.5 Å². The standard InChI is InChI=1S/C22H26N2O3S/c1-16-4-6-17(7-5-16)20(25)8-9-22(27)24-12-10-18(11-13-24)23-21(26)15-19-3-2-14-28-19/h2-7,14,18H,8-13,15H2,1H3,(H,23,26). The predicted molar refractivity (Wildman–Crippen MR) is 111 cm³/mol. The monoisotopic (exact) mass is 398 g/mol. The van der Waals surface area contributed by atoms with Crippen LogP contribution < -0.4 is 5.32 Å². The summed E-state index contributed by atoms with van der Waals surface area (Å²) in [6.07, 6.45) is 2.40. The molecule has 0 spiro atoms. The fourth-order valence-electron chi connectivity index (χ4n) is 3.39. The minimum absolute atomic E-state index is 0.00377. The van der Waals surface area contributed by atoms with Crippen LogP contribution >= 0.6 is 11.3 Å². The van der Waals surface area contributed by atoms with E-state index in [4.69, 9.17) is 0 Å². The number of nitrogens with one attached hydrogen (secondary N) is 1. The summed E-state index contributed by atoms with van der Waals surface area (Å²) in [5.74, 6) is 0.0591. The number of hydrogen-bond donors (Lipinski definition) is 1. The van der Waals surface area contributed by atoms with Crippen molar-refractivity contribution in [2.24, 2.45) is 0 Å². The van der Waals surface area contributed by atoms with E-state index in [2.05, 4.69) is 5.32 Å². The molecule has 0 radical (unpaired) electrons. The van der Waals surface area contributed by atoms with Crippen molar-refractivity contribution >= 4 is 28.9 Å². The Morgan fingerprint density at radius 1 is 1.07 bits per heavy atom. The summed E-state index contributed by atoms with van der Waals surface area (Å²) in [5, 5.41) is 5.04. The van der Waals surface area contributed by atoms with Crippen molar-refractivity contribution in [2.45, 2.75) is 45.1 Å². The molecule has 0 aliphatic carbocycles. The van der Waals surface area contributed by atoms with E-state index in [1.54, 1.807) is 11.3 Å². The lowest BCUT2D eigenvalue weighted by atomic mass is 10.0. The van der Waals surface area contributed by atoms with Crippen LogP contribution in [0.1, 0.15) is 46.5 Å². The molecule has 1 aromatic heterocycles. The van der Waals surface area contributed by atoms with Crippen LogP contribution in [0.5, 0.6) is 0 Å². The van der Waals surface area contributed by atoms with Gasteiger partial charge >= 0.3 is 0 Å². The summed E-state index contributed by atoms with van der Waals surface area (Å²) in [6.45, 7) is 3.23. The molecule has 0 atom stereocenters. The summed E-state index contributed by atoms with van der Waals surface area (Å²) in [7, 11) is 0. The first-order chi connectivity index (χ1) is 13.5. The Morgan fingerprint density at radius 2 is 1.79 bits per heavy atom. The molecule has 1 aliphatic heterocycles. The number of rotatable bonds is 7. The molecule has 148 valence electrons. The highest BCUT2D eigenvalue weighted by atomic mass is 32.1. The number of aryl methyl sites for hydroxylation is 1. The van der Waals surface area contributed by atoms with Crippen LogP contribution in [0.3, 0.4) is 0 Å². The van der Waals surface area contributed by atoms with Gasteiger partial charge in [-0.05, 0) is 31.2 Å². The number of thiophene rings is 1. The highest BCUT2D eigenvalue weighted by Gasteiger charge is 2.24. The zero-order chi connectivity index (χ0) is 19.9. The van der Waals surface area contributed by atoms with Gasteiger partial charge in [0.25, 0.3) is 0 Å². The van der Waals surface area contributed by atoms with Crippen LogP contribution in [0.25, 0.3) is 0 Å². The normalized spacial score (nSPS) is 14.7. The van der Waals surface area contributed by atoms with E-state index in [1.807, 2.05) is 53.6 Å². The number of piperidine rings is 1. The summed E-state index contributed by atoms with van der Waals surface area (Å²) in [5.41, 5.74) is 1.77. The summed E-state index contributed by atoms with van der Waals surface area (Å²) in [6, 6.07) is 11.5. The Hall–Kier alpha value is -2.47. The van der Waals surface area contributed by atoms with Gasteiger partial charge in [-0.3, -0.25) is 14.4 Å². The van der Waals surface area contributed by atoms with Gasteiger partial charge < -0.3 is 10.2 Å². The van der Waals surface area contributed by atoms with Crippen LogP contribution in [-0.2, 0) is 16.0 Å². The van der Waals surface area contributed by atoms with Crippen LogP contribution in [-0.4, -0.2) is 41.6 Å². The molecule has 1 aromatic carbocycles. The van der Waals surface area contributed by atoms with Crippen molar-refractivity contribution in [3.05, 3.63) is 57.8 Å². The summed E-state index contributed by atoms with van der Waals surface area (Å²) in [4.78, 5) is 39.6. The maximum atomic E-state index is 12.4. The number of Topliss-reactive ketones (excluding diaryl/α,β-unsaturated/α-hetero) is 1. The van der Waals surface area contributed by atoms with E-state index in [0.29, 0.717) is 25.1 Å². The quantitative estimate of drug-likeness (QED) is 0.727. The number of carbonyl (C=O) groups excluding carboxylic acids is 3. The van der Waals surface area contributed by atoms with E-state index in [9.17, 15) is 14.4 Å². The Labute approximate surface area is 169 Å². The minimum atomic E-state index is 0.00377. The molecule has 28 heavy (non-hydrogen) atoms. The fraction of sp³-hybridized carbons (Fsp3) is 0.409. The summed E-state index contributed by atoms with van der Waals surface area (Å²) >= 11 is 1.58. The smallest absolute Gasteiger partial charge is 0.225 e. The van der Waals surface area contributed by atoms with Crippen LogP contribution in [0.4, 0.5) is 0 Å². The van der Waals surface area contributed by atoms with Gasteiger partial charge in [-0.1, -0.05) is 35.9 Å². The number of hydrogen-bond acceptors (Lipinski definition) is 4. The first-order valence-corrected chi connectivity index (χ1v) is 10.6. The van der Waals surface area contributed by atoms with E-state index >= 15 is 0 Å². The maximum absolute atomic E-state index is 12.4. The molecule has 0 bridgehead atoms. The Balaban J connectivity index is 1.38. The largest absolute Gasteiger partial charge is 0.353 e. The number of ketones is 1. The molecule has 2 amide bonds. The Bertz CT molecular complexity index is 807. The molecule has 6 heteroatoms. The molecule has 2 aromatic rings. The van der Waals surface area contributed by atoms with E-state index < -0.39 is 0 Å². The predicted octanol–water partition coefficient (Wildman–Crippen LogP) is 3.37. The zero-order valence-corrected chi connectivity index (χ0v) is 17.0. The number of benzene rings is 1. The molecule has 1 fully saturated rings. The van der Waals surface area contributed by atoms with Crippen molar-refractivity contribution in [1.82, 2.24) is 10.2 Å². The first kappa shape index (κ1) is 20.3. The molecule has 2 heterocycles. The van der Waals surface area contributed by atoms with Crippen LogP contribution in [0.2, 0.25) is 0 Å². The van der Waals surface area contributed by atoms with Crippen molar-refractivity contribution < 1.29 is 14.4 Å². The van der Waals surface area contributed by atoms with Gasteiger partial charge in [0.15, 0.2) is 5.78 Å². The third-order valence-corrected chi connectivity index (χ3v) is 5.94. The molecular formula is C22H26N2O3S. The lowest BCUT2D eigenvalue weighted by Gasteiger charge is -2.32. The number of likely N-dealkylation sites (tertiary alicyclic amines) is 1. The highest BCUT2D eigenvalue weighted by molar-refractivity contribution is 7.10. The van der Waals surface area contributed by atoms with Crippen LogP contribution in [0.15, 0.2) is 41.8 Å². The van der Waals surface area contributed by atoms with Crippen LogP contribution in [0, 0.1) is 6.92 Å². The second-order valence-electron chi connectivity index (χ2n) is 7.27. The van der Waals surface area contributed by atoms with Gasteiger partial charge in [-0.25, -0.2) is 0 Å². The minimum Gasteiger partial charge on any atom is -0.353 e. The van der Waals surface area contributed by atoms with Crippen molar-refractivity contribution in [3.8, 4) is 0 Å². The molecule has 3 rings (SSSR count). The lowest BCUT2D eigenvalue weighted by molar-refractivity contribution is -0.132. The average Bonchev–Trinajstić information content (AvgIpc) is 3.20. The van der Waals surface area contributed by atoms with E-state index in [-0.39, 0.29) is 36.5 Å². The van der Waals surface area contributed by atoms with Gasteiger partial charge in [0.05, 0.1) is 6.42 Å². The third kappa shape index (κ3) is 5.76. The van der Waals surface area contributed by atoms with E-state index in [0.717, 1.165) is 23.3 Å². The molecule has 1 saturated heterocycles. The van der Waals surface area contributed by atoms with Gasteiger partial charge in [0.2, 0.25) is 11.8 Å². The molecule has 0 saturated carbocycles. The Morgan fingerprint density at radius 3 is 2.43 bits per heavy atom. The van der Waals surface area contributed by atoms with Gasteiger partial charge in [-0.2, -0.15) is 0 Å². The summed E-state index contributed by atoms with van der Waals surface area (Å²) < 4.78 is 0. The van der Waals surface area contributed by atoms with Gasteiger partial charge in [-0.15, -0.1) is 11.3 Å². The molecule has 0 unspecified atom stereocenters. The SMILES string of the molecule is Cc1ccc(C(=O)CCC(=O)N2CCC(NC(=O)Cc3cccs3)CC2)cc1. The number of nitrogens with zero attached hydrogens (tertiary/aromatic N) is 1. The Kier molecular flexibility index (Phi) is 6.98. The first-order valence-electron chi connectivity index (χ1n) is 9.70. The van der Waals surface area contributed by atoms with Crippen molar-refractivity contribution in [3.63, 3.8) is 0 Å². The maximum Gasteiger partial charge on any atom is 0.225 e. The van der Waals surface area contributed by atoms with Gasteiger partial charge in [0.1, 0.15) is 0 Å². The molecule has 1 aliphatic rings.